The van der Waals surface area contributed by atoms with Crippen LogP contribution >= 0.6 is 23.2 Å². The highest BCUT2D eigenvalue weighted by Crippen LogP contribution is 2.25. The summed E-state index contributed by atoms with van der Waals surface area (Å²) in [6.45, 7) is 2.23. The van der Waals surface area contributed by atoms with Crippen LogP contribution in [0.15, 0.2) is 60.7 Å². The van der Waals surface area contributed by atoms with Gasteiger partial charge in [-0.3, -0.25) is 9.59 Å². The molecule has 6 heteroatoms. The largest absolute Gasteiger partial charge is 0.457 e. The number of nitrogens with one attached hydrogen (secondary N) is 1. The summed E-state index contributed by atoms with van der Waals surface area (Å²) in [5.74, 6) is 0.712. The zero-order valence-electron chi connectivity index (χ0n) is 15.0. The lowest BCUT2D eigenvalue weighted by molar-refractivity contribution is 0.0950. The molecule has 0 unspecified atom stereocenters. The highest BCUT2D eigenvalue weighted by atomic mass is 35.5. The van der Waals surface area contributed by atoms with E-state index in [-0.39, 0.29) is 12.5 Å². The Kier molecular flexibility index (Phi) is 6.34. The first kappa shape index (κ1) is 19.9. The monoisotopic (exact) mass is 413 g/mol. The molecule has 0 atom stereocenters. The Labute approximate surface area is 173 Å². The van der Waals surface area contributed by atoms with Crippen LogP contribution in [-0.2, 0) is 6.54 Å². The predicted octanol–water partition coefficient (Wildman–Crippen LogP) is 5.84. The van der Waals surface area contributed by atoms with E-state index >= 15 is 0 Å². The van der Waals surface area contributed by atoms with Crippen LogP contribution in [0, 0.1) is 6.92 Å². The highest BCUT2D eigenvalue weighted by Gasteiger charge is 2.11. The molecular weight excluding hydrogens is 397 g/mol. The van der Waals surface area contributed by atoms with Crippen LogP contribution in [0.1, 0.15) is 31.8 Å². The lowest BCUT2D eigenvalue weighted by atomic mass is 10.1. The minimum Gasteiger partial charge on any atom is -0.457 e. The quantitative estimate of drug-likeness (QED) is 0.516. The van der Waals surface area contributed by atoms with Gasteiger partial charge in [0.15, 0.2) is 0 Å². The van der Waals surface area contributed by atoms with Gasteiger partial charge in [0.25, 0.3) is 5.91 Å². The fraction of sp³-hybridized carbons (Fsp3) is 0.0909. The van der Waals surface area contributed by atoms with Crippen LogP contribution in [0.3, 0.4) is 0 Å². The second-order valence-electron chi connectivity index (χ2n) is 6.26. The molecule has 0 saturated carbocycles. The van der Waals surface area contributed by atoms with Gasteiger partial charge >= 0.3 is 0 Å². The minimum atomic E-state index is -0.330. The number of hydrogen-bond acceptors (Lipinski definition) is 3. The lowest BCUT2D eigenvalue weighted by Crippen LogP contribution is -2.23. The van der Waals surface area contributed by atoms with Crippen molar-refractivity contribution in [3.8, 4) is 11.5 Å². The van der Waals surface area contributed by atoms with Crippen LogP contribution in [0.2, 0.25) is 10.0 Å². The number of carbonyl (C=O) groups is 2. The van der Waals surface area contributed by atoms with E-state index < -0.39 is 0 Å². The summed E-state index contributed by atoms with van der Waals surface area (Å²) in [6.07, 6.45) is 0.679. The summed E-state index contributed by atoms with van der Waals surface area (Å²) >= 11 is 11.9. The van der Waals surface area contributed by atoms with E-state index in [0.717, 1.165) is 11.1 Å². The molecule has 0 radical (unpaired) electrons. The lowest BCUT2D eigenvalue weighted by Gasteiger charge is -2.10. The predicted molar refractivity (Wildman–Crippen MR) is 111 cm³/mol. The molecule has 3 aromatic rings. The second-order valence-corrected chi connectivity index (χ2v) is 7.07. The standard InChI is InChI=1S/C22H17Cl2NO3/c1-14-3-2-4-18(7-14)28-19-9-16(13-26)8-17(11-19)22(27)25-12-15-5-6-20(23)21(24)10-15/h2-11,13H,12H2,1H3,(H,25,27). The molecule has 142 valence electrons. The molecule has 0 fully saturated rings. The van der Waals surface area contributed by atoms with Gasteiger partial charge in [0.1, 0.15) is 17.8 Å². The number of rotatable bonds is 6. The Balaban J connectivity index is 1.77. The van der Waals surface area contributed by atoms with Crippen LogP contribution < -0.4 is 10.1 Å². The van der Waals surface area contributed by atoms with Crippen molar-refractivity contribution in [3.63, 3.8) is 0 Å². The smallest absolute Gasteiger partial charge is 0.251 e. The first-order chi connectivity index (χ1) is 13.4. The van der Waals surface area contributed by atoms with Crippen molar-refractivity contribution >= 4 is 35.4 Å². The third-order valence-electron chi connectivity index (χ3n) is 3.99. The van der Waals surface area contributed by atoms with E-state index in [1.165, 1.54) is 6.07 Å². The number of aldehydes is 1. The van der Waals surface area contributed by atoms with Gasteiger partial charge in [-0.1, -0.05) is 41.4 Å². The molecule has 0 aliphatic carbocycles. The topological polar surface area (TPSA) is 55.4 Å². The Bertz CT molecular complexity index is 1030. The molecule has 0 spiro atoms. The van der Waals surface area contributed by atoms with Gasteiger partial charge in [-0.05, 0) is 60.5 Å². The molecule has 3 aromatic carbocycles. The number of aryl methyl sites for hydroxylation is 1. The van der Waals surface area contributed by atoms with Crippen molar-refractivity contribution in [1.82, 2.24) is 5.32 Å². The third kappa shape index (κ3) is 5.12. The number of hydrogen-bond donors (Lipinski definition) is 1. The van der Waals surface area contributed by atoms with Gasteiger partial charge in [-0.2, -0.15) is 0 Å². The van der Waals surface area contributed by atoms with E-state index in [1.54, 1.807) is 30.3 Å². The van der Waals surface area contributed by atoms with Crippen molar-refractivity contribution in [3.05, 3.63) is 93.0 Å². The third-order valence-corrected chi connectivity index (χ3v) is 4.73. The number of benzene rings is 3. The Hall–Kier alpha value is -2.82. The highest BCUT2D eigenvalue weighted by molar-refractivity contribution is 6.42. The van der Waals surface area contributed by atoms with Gasteiger partial charge in [0.05, 0.1) is 10.0 Å². The zero-order chi connectivity index (χ0) is 20.1. The minimum absolute atomic E-state index is 0.273. The summed E-state index contributed by atoms with van der Waals surface area (Å²) in [6, 6.07) is 17.4. The van der Waals surface area contributed by atoms with Crippen molar-refractivity contribution in [2.24, 2.45) is 0 Å². The molecule has 4 nitrogen and oxygen atoms in total. The number of ether oxygens (including phenoxy) is 1. The number of carbonyl (C=O) groups excluding carboxylic acids is 2. The second kappa shape index (κ2) is 8.91. The summed E-state index contributed by atoms with van der Waals surface area (Å²) in [4.78, 5) is 23.8. The van der Waals surface area contributed by atoms with Gasteiger partial charge in [-0.25, -0.2) is 0 Å². The Morgan fingerprint density at radius 1 is 1.00 bits per heavy atom. The maximum Gasteiger partial charge on any atom is 0.251 e. The zero-order valence-corrected chi connectivity index (χ0v) is 16.6. The van der Waals surface area contributed by atoms with Gasteiger partial charge in [-0.15, -0.1) is 0 Å². The normalized spacial score (nSPS) is 10.4. The molecule has 0 bridgehead atoms. The summed E-state index contributed by atoms with van der Waals surface area (Å²) < 4.78 is 5.81. The summed E-state index contributed by atoms with van der Waals surface area (Å²) in [5.41, 5.74) is 2.53. The molecule has 28 heavy (non-hydrogen) atoms. The maximum atomic E-state index is 12.6. The Morgan fingerprint density at radius 2 is 1.82 bits per heavy atom. The van der Waals surface area contributed by atoms with Gasteiger partial charge in [0, 0.05) is 17.7 Å². The number of amides is 1. The van der Waals surface area contributed by atoms with Crippen molar-refractivity contribution in [1.29, 1.82) is 0 Å². The van der Waals surface area contributed by atoms with Crippen LogP contribution in [0.5, 0.6) is 11.5 Å². The van der Waals surface area contributed by atoms with Crippen LogP contribution in [-0.4, -0.2) is 12.2 Å². The van der Waals surface area contributed by atoms with Gasteiger partial charge < -0.3 is 10.1 Å². The average molecular weight is 414 g/mol. The molecule has 0 heterocycles. The van der Waals surface area contributed by atoms with Gasteiger partial charge in [0.2, 0.25) is 0 Å². The summed E-state index contributed by atoms with van der Waals surface area (Å²) in [5, 5.41) is 3.67. The molecule has 0 aliphatic heterocycles. The first-order valence-electron chi connectivity index (χ1n) is 8.51. The van der Waals surface area contributed by atoms with E-state index in [1.807, 2.05) is 31.2 Å². The molecule has 3 rings (SSSR count). The number of halogens is 2. The first-order valence-corrected chi connectivity index (χ1v) is 9.27. The average Bonchev–Trinajstić information content (AvgIpc) is 2.68. The molecule has 1 N–H and O–H groups in total. The van der Waals surface area contributed by atoms with E-state index in [2.05, 4.69) is 5.32 Å². The Morgan fingerprint density at radius 3 is 2.54 bits per heavy atom. The maximum absolute atomic E-state index is 12.6. The van der Waals surface area contributed by atoms with Crippen molar-refractivity contribution in [2.45, 2.75) is 13.5 Å². The molecule has 0 aromatic heterocycles. The molecular formula is C22H17Cl2NO3. The van der Waals surface area contributed by atoms with Crippen molar-refractivity contribution < 1.29 is 14.3 Å². The molecule has 0 aliphatic rings. The SMILES string of the molecule is Cc1cccc(Oc2cc(C=O)cc(C(=O)NCc3ccc(Cl)c(Cl)c3)c2)c1. The van der Waals surface area contributed by atoms with E-state index in [0.29, 0.717) is 39.0 Å². The van der Waals surface area contributed by atoms with Crippen LogP contribution in [0.4, 0.5) is 0 Å². The van der Waals surface area contributed by atoms with Crippen LogP contribution in [0.25, 0.3) is 0 Å². The van der Waals surface area contributed by atoms with Crippen molar-refractivity contribution in [2.75, 3.05) is 0 Å². The fourth-order valence-corrected chi connectivity index (χ4v) is 2.95. The summed E-state index contributed by atoms with van der Waals surface area (Å²) in [7, 11) is 0. The molecule has 0 saturated heterocycles. The van der Waals surface area contributed by atoms with E-state index in [4.69, 9.17) is 27.9 Å². The fourth-order valence-electron chi connectivity index (χ4n) is 2.63. The molecule has 1 amide bonds. The van der Waals surface area contributed by atoms with E-state index in [9.17, 15) is 9.59 Å².